The number of imide groups is 1. The van der Waals surface area contributed by atoms with Gasteiger partial charge in [-0.25, -0.2) is 13.7 Å². The van der Waals surface area contributed by atoms with E-state index in [0.29, 0.717) is 17.1 Å². The lowest BCUT2D eigenvalue weighted by Gasteiger charge is -2.19. The van der Waals surface area contributed by atoms with Gasteiger partial charge in [0.1, 0.15) is 6.54 Å². The van der Waals surface area contributed by atoms with E-state index in [4.69, 9.17) is 14.0 Å². The van der Waals surface area contributed by atoms with E-state index in [-0.39, 0.29) is 23.9 Å². The number of benzene rings is 2. The van der Waals surface area contributed by atoms with Gasteiger partial charge in [0, 0.05) is 11.6 Å². The number of halogens is 2. The molecule has 2 atom stereocenters. The van der Waals surface area contributed by atoms with Crippen LogP contribution in [0.4, 0.5) is 14.5 Å². The van der Waals surface area contributed by atoms with E-state index in [2.05, 4.69) is 20.5 Å². The Morgan fingerprint density at radius 2 is 1.79 bits per heavy atom. The molecule has 0 radical (unpaired) electrons. The van der Waals surface area contributed by atoms with E-state index in [9.17, 15) is 18.4 Å². The molecule has 0 unspecified atom stereocenters. The summed E-state index contributed by atoms with van der Waals surface area (Å²) in [4.78, 5) is 30.8. The summed E-state index contributed by atoms with van der Waals surface area (Å²) in [7, 11) is 3.02. The number of amides is 2. The van der Waals surface area contributed by atoms with Crippen molar-refractivity contribution in [2.75, 3.05) is 19.1 Å². The maximum Gasteiger partial charge on any atom is 0.263 e. The third-order valence-electron chi connectivity index (χ3n) is 5.43. The second-order valence-electron chi connectivity index (χ2n) is 7.38. The van der Waals surface area contributed by atoms with E-state index in [1.54, 1.807) is 18.2 Å². The Hall–Kier alpha value is -4.42. The molecule has 11 nitrogen and oxygen atoms in total. The first-order valence-electron chi connectivity index (χ1n) is 9.96. The Kier molecular flexibility index (Phi) is 5.15. The van der Waals surface area contributed by atoms with Crippen molar-refractivity contribution >= 4 is 17.5 Å². The normalized spacial score (nSPS) is 19.2. The van der Waals surface area contributed by atoms with Crippen LogP contribution in [0.15, 0.2) is 51.3 Å². The SMILES string of the molecule is COc1ccc(-c2noc(CN3N=N[C@H]4C(=O)N(c5ccc(F)c(F)c5)C(=O)[C@@H]43)n2)cc1OC. The van der Waals surface area contributed by atoms with Crippen molar-refractivity contribution < 1.29 is 32.4 Å². The van der Waals surface area contributed by atoms with Gasteiger partial charge in [-0.3, -0.25) is 14.6 Å². The fourth-order valence-corrected chi connectivity index (χ4v) is 3.78. The van der Waals surface area contributed by atoms with Gasteiger partial charge in [-0.15, -0.1) is 0 Å². The molecule has 2 aliphatic heterocycles. The maximum absolute atomic E-state index is 13.7. The van der Waals surface area contributed by atoms with Crippen molar-refractivity contribution in [1.82, 2.24) is 15.1 Å². The van der Waals surface area contributed by atoms with Gasteiger partial charge in [-0.2, -0.15) is 10.1 Å². The summed E-state index contributed by atoms with van der Waals surface area (Å²) in [6, 6.07) is 5.67. The molecule has 1 saturated heterocycles. The fourth-order valence-electron chi connectivity index (χ4n) is 3.78. The van der Waals surface area contributed by atoms with Gasteiger partial charge in [0.25, 0.3) is 11.8 Å². The summed E-state index contributed by atoms with van der Waals surface area (Å²) in [6.07, 6.45) is 0. The molecule has 2 aromatic carbocycles. The Morgan fingerprint density at radius 3 is 2.53 bits per heavy atom. The molecule has 174 valence electrons. The average molecular weight is 470 g/mol. The van der Waals surface area contributed by atoms with Crippen molar-refractivity contribution in [3.63, 3.8) is 0 Å². The van der Waals surface area contributed by atoms with E-state index >= 15 is 0 Å². The molecule has 3 aromatic rings. The molecule has 2 aliphatic rings. The molecule has 0 bridgehead atoms. The standard InChI is InChI=1S/C21H16F2N6O5/c1-32-14-6-3-10(7-15(14)33-2)19-24-16(34-26-19)9-28-18-17(25-27-28)20(30)29(21(18)31)11-4-5-12(22)13(23)8-11/h3-8,17-18H,9H2,1-2H3/t17-,18-/m1/s1. The van der Waals surface area contributed by atoms with Crippen LogP contribution in [-0.2, 0) is 16.1 Å². The molecule has 2 amide bonds. The minimum absolute atomic E-state index is 0.0908. The molecule has 13 heteroatoms. The molecule has 0 saturated carbocycles. The summed E-state index contributed by atoms with van der Waals surface area (Å²) in [5.74, 6) is -2.23. The van der Waals surface area contributed by atoms with Gasteiger partial charge >= 0.3 is 0 Å². The molecule has 0 N–H and O–H groups in total. The average Bonchev–Trinajstić information content (AvgIpc) is 3.53. The Labute approximate surface area is 190 Å². The van der Waals surface area contributed by atoms with Crippen LogP contribution < -0.4 is 14.4 Å². The van der Waals surface area contributed by atoms with Crippen LogP contribution in [-0.4, -0.2) is 53.3 Å². The van der Waals surface area contributed by atoms with Crippen molar-refractivity contribution in [3.05, 3.63) is 53.9 Å². The third-order valence-corrected chi connectivity index (χ3v) is 5.43. The van der Waals surface area contributed by atoms with E-state index < -0.39 is 35.5 Å². The maximum atomic E-state index is 13.7. The van der Waals surface area contributed by atoms with Gasteiger partial charge in [-0.05, 0) is 30.3 Å². The van der Waals surface area contributed by atoms with Gasteiger partial charge in [0.05, 0.1) is 19.9 Å². The minimum Gasteiger partial charge on any atom is -0.493 e. The molecule has 1 fully saturated rings. The third kappa shape index (κ3) is 3.41. The van der Waals surface area contributed by atoms with E-state index in [1.807, 2.05) is 0 Å². The van der Waals surface area contributed by atoms with Gasteiger partial charge in [0.15, 0.2) is 35.2 Å². The molecule has 1 aromatic heterocycles. The van der Waals surface area contributed by atoms with Gasteiger partial charge < -0.3 is 14.0 Å². The molecular formula is C21H16F2N6O5. The highest BCUT2D eigenvalue weighted by Gasteiger charge is 2.55. The van der Waals surface area contributed by atoms with E-state index in [0.717, 1.165) is 23.1 Å². The predicted molar refractivity (Wildman–Crippen MR) is 110 cm³/mol. The van der Waals surface area contributed by atoms with Crippen molar-refractivity contribution in [2.24, 2.45) is 10.3 Å². The number of carbonyl (C=O) groups is 2. The summed E-state index contributed by atoms with van der Waals surface area (Å²) in [6.45, 7) is -0.102. The Bertz CT molecular complexity index is 1330. The minimum atomic E-state index is -1.18. The number of fused-ring (bicyclic) bond motifs is 1. The monoisotopic (exact) mass is 470 g/mol. The van der Waals surface area contributed by atoms with Crippen LogP contribution in [0.5, 0.6) is 11.5 Å². The zero-order valence-electron chi connectivity index (χ0n) is 17.8. The number of methoxy groups -OCH3 is 2. The highest BCUT2D eigenvalue weighted by atomic mass is 19.2. The molecule has 0 spiro atoms. The Balaban J connectivity index is 1.35. The van der Waals surface area contributed by atoms with Crippen molar-refractivity contribution in [3.8, 4) is 22.9 Å². The molecule has 0 aliphatic carbocycles. The number of hydrogen-bond acceptors (Lipinski definition) is 10. The summed E-state index contributed by atoms with van der Waals surface area (Å²) in [5.41, 5.74) is 0.511. The zero-order chi connectivity index (χ0) is 24.0. The summed E-state index contributed by atoms with van der Waals surface area (Å²) < 4.78 is 42.7. The largest absolute Gasteiger partial charge is 0.493 e. The number of ether oxygens (including phenoxy) is 2. The second-order valence-corrected chi connectivity index (χ2v) is 7.38. The first-order chi connectivity index (χ1) is 16.4. The topological polar surface area (TPSA) is 123 Å². The molecule has 3 heterocycles. The molecule has 5 rings (SSSR count). The molecule has 34 heavy (non-hydrogen) atoms. The van der Waals surface area contributed by atoms with Crippen LogP contribution in [0.25, 0.3) is 11.4 Å². The quantitative estimate of drug-likeness (QED) is 0.504. The highest BCUT2D eigenvalue weighted by Crippen LogP contribution is 2.34. The second kappa shape index (κ2) is 8.17. The lowest BCUT2D eigenvalue weighted by molar-refractivity contribution is -0.123. The summed E-state index contributed by atoms with van der Waals surface area (Å²) >= 11 is 0. The van der Waals surface area contributed by atoms with E-state index in [1.165, 1.54) is 19.2 Å². The first kappa shape index (κ1) is 21.4. The molecular weight excluding hydrogens is 454 g/mol. The fraction of sp³-hybridized carbons (Fsp3) is 0.238. The highest BCUT2D eigenvalue weighted by molar-refractivity contribution is 6.25. The predicted octanol–water partition coefficient (Wildman–Crippen LogP) is 2.53. The van der Waals surface area contributed by atoms with Crippen LogP contribution >= 0.6 is 0 Å². The number of aromatic nitrogens is 2. The van der Waals surface area contributed by atoms with Crippen LogP contribution in [0.2, 0.25) is 0 Å². The van der Waals surface area contributed by atoms with Crippen LogP contribution in [0.1, 0.15) is 5.89 Å². The van der Waals surface area contributed by atoms with Crippen molar-refractivity contribution in [2.45, 2.75) is 18.6 Å². The number of hydrogen-bond donors (Lipinski definition) is 0. The van der Waals surface area contributed by atoms with Gasteiger partial charge in [-0.1, -0.05) is 10.4 Å². The zero-order valence-corrected chi connectivity index (χ0v) is 17.8. The number of rotatable bonds is 6. The lowest BCUT2D eigenvalue weighted by atomic mass is 10.1. The number of carbonyl (C=O) groups excluding carboxylic acids is 2. The lowest BCUT2D eigenvalue weighted by Crippen LogP contribution is -2.39. The summed E-state index contributed by atoms with van der Waals surface area (Å²) in [5, 5.41) is 13.0. The Morgan fingerprint density at radius 1 is 1.00 bits per heavy atom. The first-order valence-corrected chi connectivity index (χ1v) is 9.96. The smallest absolute Gasteiger partial charge is 0.263 e. The number of nitrogens with zero attached hydrogens (tertiary/aromatic N) is 6. The number of anilines is 1. The van der Waals surface area contributed by atoms with Crippen LogP contribution in [0.3, 0.4) is 0 Å². The van der Waals surface area contributed by atoms with Crippen molar-refractivity contribution in [1.29, 1.82) is 0 Å². The van der Waals surface area contributed by atoms with Crippen LogP contribution in [0, 0.1) is 11.6 Å². The van der Waals surface area contributed by atoms with Gasteiger partial charge in [0.2, 0.25) is 11.7 Å².